The van der Waals surface area contributed by atoms with E-state index in [1.807, 2.05) is 18.2 Å². The van der Waals surface area contributed by atoms with Crippen LogP contribution in [0, 0.1) is 5.41 Å². The highest BCUT2D eigenvalue weighted by atomic mass is 35.5. The maximum atomic E-state index is 5.99. The Bertz CT molecular complexity index is 389. The number of nitrogens with one attached hydrogen (secondary N) is 1. The maximum absolute atomic E-state index is 5.99. The number of hydrogen-bond donors (Lipinski definition) is 2. The zero-order valence-corrected chi connectivity index (χ0v) is 10.8. The average Bonchev–Trinajstić information content (AvgIpc) is 2.99. The lowest BCUT2D eigenvalue weighted by Crippen LogP contribution is -2.42. The van der Waals surface area contributed by atoms with Crippen molar-refractivity contribution in [2.75, 3.05) is 0 Å². The smallest absolute Gasteiger partial charge is 0.0595 e. The first-order chi connectivity index (χ1) is 7.55. The molecule has 0 saturated heterocycles. The quantitative estimate of drug-likeness (QED) is 0.643. The number of benzene rings is 1. The molecule has 1 unspecified atom stereocenters. The highest BCUT2D eigenvalue weighted by Crippen LogP contribution is 2.48. The van der Waals surface area contributed by atoms with Gasteiger partial charge in [0.05, 0.1) is 10.0 Å². The van der Waals surface area contributed by atoms with Crippen LogP contribution in [0.2, 0.25) is 10.0 Å². The van der Waals surface area contributed by atoms with Gasteiger partial charge in [-0.3, -0.25) is 11.3 Å². The molecule has 1 atom stereocenters. The van der Waals surface area contributed by atoms with E-state index in [0.717, 1.165) is 6.42 Å². The SMILES string of the molecule is CC1(C(Cc2ccc(Cl)c(Cl)c2)NN)CC1. The largest absolute Gasteiger partial charge is 0.271 e. The maximum Gasteiger partial charge on any atom is 0.0595 e. The summed E-state index contributed by atoms with van der Waals surface area (Å²) in [6.45, 7) is 2.26. The molecule has 1 fully saturated rings. The number of halogens is 2. The molecule has 2 nitrogen and oxygen atoms in total. The summed E-state index contributed by atoms with van der Waals surface area (Å²) in [7, 11) is 0. The van der Waals surface area contributed by atoms with Crippen LogP contribution < -0.4 is 11.3 Å². The van der Waals surface area contributed by atoms with Gasteiger partial charge in [-0.25, -0.2) is 0 Å². The van der Waals surface area contributed by atoms with E-state index in [4.69, 9.17) is 29.0 Å². The second kappa shape index (κ2) is 4.53. The fourth-order valence-corrected chi connectivity index (χ4v) is 2.28. The van der Waals surface area contributed by atoms with Gasteiger partial charge in [0.1, 0.15) is 0 Å². The molecule has 0 spiro atoms. The van der Waals surface area contributed by atoms with E-state index < -0.39 is 0 Å². The van der Waals surface area contributed by atoms with Crippen LogP contribution in [0.3, 0.4) is 0 Å². The molecular formula is C12H16Cl2N2. The molecule has 1 aliphatic carbocycles. The van der Waals surface area contributed by atoms with Crippen molar-refractivity contribution in [1.82, 2.24) is 5.43 Å². The van der Waals surface area contributed by atoms with Crippen LogP contribution in [0.1, 0.15) is 25.3 Å². The molecule has 1 saturated carbocycles. The molecule has 0 bridgehead atoms. The first kappa shape index (κ1) is 12.2. The molecule has 4 heteroatoms. The third kappa shape index (κ3) is 2.51. The van der Waals surface area contributed by atoms with E-state index in [0.29, 0.717) is 21.5 Å². The second-order valence-corrected chi connectivity index (χ2v) is 5.64. The van der Waals surface area contributed by atoms with Crippen molar-refractivity contribution in [3.63, 3.8) is 0 Å². The minimum atomic E-state index is 0.310. The predicted octanol–water partition coefficient (Wildman–Crippen LogP) is 3.17. The van der Waals surface area contributed by atoms with Crippen molar-refractivity contribution in [1.29, 1.82) is 0 Å². The van der Waals surface area contributed by atoms with Crippen molar-refractivity contribution >= 4 is 23.2 Å². The summed E-state index contributed by atoms with van der Waals surface area (Å²) in [5.41, 5.74) is 4.43. The molecule has 1 aromatic rings. The molecule has 1 aliphatic rings. The van der Waals surface area contributed by atoms with E-state index in [1.54, 1.807) is 0 Å². The van der Waals surface area contributed by atoms with Gasteiger partial charge in [-0.05, 0) is 42.4 Å². The topological polar surface area (TPSA) is 38.0 Å². The van der Waals surface area contributed by atoms with Crippen LogP contribution in [0.25, 0.3) is 0 Å². The third-order valence-electron chi connectivity index (χ3n) is 3.50. The normalized spacial score (nSPS) is 19.5. The number of hydrogen-bond acceptors (Lipinski definition) is 2. The number of hydrazine groups is 1. The lowest BCUT2D eigenvalue weighted by atomic mass is 9.93. The summed E-state index contributed by atoms with van der Waals surface area (Å²) in [5, 5.41) is 1.20. The molecule has 1 aromatic carbocycles. The Morgan fingerprint density at radius 3 is 2.56 bits per heavy atom. The van der Waals surface area contributed by atoms with Crippen LogP contribution in [0.4, 0.5) is 0 Å². The summed E-state index contributed by atoms with van der Waals surface area (Å²) in [4.78, 5) is 0. The monoisotopic (exact) mass is 258 g/mol. The van der Waals surface area contributed by atoms with E-state index >= 15 is 0 Å². The van der Waals surface area contributed by atoms with Crippen molar-refractivity contribution in [2.24, 2.45) is 11.3 Å². The molecule has 16 heavy (non-hydrogen) atoms. The Kier molecular flexibility index (Phi) is 3.45. The summed E-state index contributed by atoms with van der Waals surface area (Å²) >= 11 is 11.9. The zero-order valence-electron chi connectivity index (χ0n) is 9.26. The van der Waals surface area contributed by atoms with E-state index in [1.165, 1.54) is 18.4 Å². The Labute approximate surface area is 106 Å². The van der Waals surface area contributed by atoms with E-state index in [2.05, 4.69) is 12.3 Å². The molecule has 3 N–H and O–H groups in total. The van der Waals surface area contributed by atoms with Crippen LogP contribution in [-0.2, 0) is 6.42 Å². The molecule has 0 heterocycles. The first-order valence-electron chi connectivity index (χ1n) is 5.45. The van der Waals surface area contributed by atoms with Crippen LogP contribution >= 0.6 is 23.2 Å². The third-order valence-corrected chi connectivity index (χ3v) is 4.24. The molecule has 2 rings (SSSR count). The van der Waals surface area contributed by atoms with Crippen molar-refractivity contribution in [2.45, 2.75) is 32.2 Å². The number of nitrogens with two attached hydrogens (primary N) is 1. The van der Waals surface area contributed by atoms with Gasteiger partial charge in [-0.15, -0.1) is 0 Å². The van der Waals surface area contributed by atoms with E-state index in [9.17, 15) is 0 Å². The molecule has 0 aliphatic heterocycles. The van der Waals surface area contributed by atoms with Gasteiger partial charge in [-0.2, -0.15) is 0 Å². The lowest BCUT2D eigenvalue weighted by Gasteiger charge is -2.22. The summed E-state index contributed by atoms with van der Waals surface area (Å²) in [6.07, 6.45) is 3.37. The lowest BCUT2D eigenvalue weighted by molar-refractivity contribution is 0.359. The molecule has 88 valence electrons. The molecule has 0 radical (unpaired) electrons. The zero-order chi connectivity index (χ0) is 11.8. The first-order valence-corrected chi connectivity index (χ1v) is 6.21. The summed E-state index contributed by atoms with van der Waals surface area (Å²) in [5.74, 6) is 5.61. The Hall–Kier alpha value is -0.280. The van der Waals surface area contributed by atoms with Crippen molar-refractivity contribution in [3.05, 3.63) is 33.8 Å². The van der Waals surface area contributed by atoms with Gasteiger partial charge < -0.3 is 0 Å². The van der Waals surface area contributed by atoms with Gasteiger partial charge in [0.25, 0.3) is 0 Å². The van der Waals surface area contributed by atoms with Gasteiger partial charge in [-0.1, -0.05) is 36.2 Å². The molecule has 0 amide bonds. The predicted molar refractivity (Wildman–Crippen MR) is 68.6 cm³/mol. The van der Waals surface area contributed by atoms with Crippen LogP contribution in [0.5, 0.6) is 0 Å². The van der Waals surface area contributed by atoms with E-state index in [-0.39, 0.29) is 0 Å². The standard InChI is InChI=1S/C12H16Cl2N2/c1-12(4-5-12)11(16-15)7-8-2-3-9(13)10(14)6-8/h2-3,6,11,16H,4-5,7,15H2,1H3. The Morgan fingerprint density at radius 2 is 2.06 bits per heavy atom. The minimum absolute atomic E-state index is 0.310. The highest BCUT2D eigenvalue weighted by Gasteiger charge is 2.44. The minimum Gasteiger partial charge on any atom is -0.271 e. The Morgan fingerprint density at radius 1 is 1.38 bits per heavy atom. The second-order valence-electron chi connectivity index (χ2n) is 4.83. The Balaban J connectivity index is 2.10. The fraction of sp³-hybridized carbons (Fsp3) is 0.500. The van der Waals surface area contributed by atoms with Gasteiger partial charge in [0.15, 0.2) is 0 Å². The van der Waals surface area contributed by atoms with Gasteiger partial charge in [0.2, 0.25) is 0 Å². The van der Waals surface area contributed by atoms with Gasteiger partial charge in [0, 0.05) is 6.04 Å². The van der Waals surface area contributed by atoms with Crippen molar-refractivity contribution < 1.29 is 0 Å². The highest BCUT2D eigenvalue weighted by molar-refractivity contribution is 6.42. The van der Waals surface area contributed by atoms with Crippen LogP contribution in [0.15, 0.2) is 18.2 Å². The number of rotatable bonds is 4. The van der Waals surface area contributed by atoms with Gasteiger partial charge >= 0.3 is 0 Å². The fourth-order valence-electron chi connectivity index (χ4n) is 1.95. The average molecular weight is 259 g/mol. The van der Waals surface area contributed by atoms with Crippen LogP contribution in [-0.4, -0.2) is 6.04 Å². The molecule has 0 aromatic heterocycles. The summed E-state index contributed by atoms with van der Waals surface area (Å²) < 4.78 is 0. The summed E-state index contributed by atoms with van der Waals surface area (Å²) in [6, 6.07) is 6.07. The van der Waals surface area contributed by atoms with Crippen molar-refractivity contribution in [3.8, 4) is 0 Å². The molecular weight excluding hydrogens is 243 g/mol.